The van der Waals surface area contributed by atoms with Gasteiger partial charge in [-0.25, -0.2) is 4.79 Å². The van der Waals surface area contributed by atoms with Gasteiger partial charge in [-0.2, -0.15) is 0 Å². The van der Waals surface area contributed by atoms with Gasteiger partial charge in [-0.1, -0.05) is 18.6 Å². The third-order valence-electron chi connectivity index (χ3n) is 3.32. The van der Waals surface area contributed by atoms with E-state index in [1.165, 1.54) is 7.11 Å². The van der Waals surface area contributed by atoms with Crippen molar-refractivity contribution in [3.63, 3.8) is 0 Å². The molecule has 0 atom stereocenters. The third-order valence-corrected chi connectivity index (χ3v) is 3.32. The van der Waals surface area contributed by atoms with E-state index in [9.17, 15) is 9.59 Å². The molecule has 18 heavy (non-hydrogen) atoms. The summed E-state index contributed by atoms with van der Waals surface area (Å²) in [5.41, 5.74) is 1.50. The van der Waals surface area contributed by atoms with E-state index in [1.54, 1.807) is 12.1 Å². The lowest BCUT2D eigenvalue weighted by atomic mass is 9.85. The molecule has 4 heteroatoms. The number of esters is 1. The van der Waals surface area contributed by atoms with Gasteiger partial charge in [-0.05, 0) is 30.5 Å². The fourth-order valence-electron chi connectivity index (χ4n) is 1.88. The second-order valence-corrected chi connectivity index (χ2v) is 4.53. The Hall–Kier alpha value is -1.84. The molecule has 1 amide bonds. The van der Waals surface area contributed by atoms with Crippen molar-refractivity contribution in [3.8, 4) is 0 Å². The lowest BCUT2D eigenvalue weighted by Gasteiger charge is -2.24. The highest BCUT2D eigenvalue weighted by Crippen LogP contribution is 2.26. The summed E-state index contributed by atoms with van der Waals surface area (Å²) in [5, 5.41) is 2.91. The smallest absolute Gasteiger partial charge is 0.337 e. The predicted octanol–water partition coefficient (Wildman–Crippen LogP) is 1.89. The van der Waals surface area contributed by atoms with Crippen LogP contribution >= 0.6 is 0 Å². The van der Waals surface area contributed by atoms with E-state index in [1.807, 2.05) is 12.1 Å². The molecule has 0 unspecified atom stereocenters. The lowest BCUT2D eigenvalue weighted by Crippen LogP contribution is -2.33. The average molecular weight is 247 g/mol. The highest BCUT2D eigenvalue weighted by molar-refractivity contribution is 5.89. The van der Waals surface area contributed by atoms with Gasteiger partial charge in [0.05, 0.1) is 12.7 Å². The quantitative estimate of drug-likeness (QED) is 0.827. The summed E-state index contributed by atoms with van der Waals surface area (Å²) in [5.74, 6) is -0.00214. The van der Waals surface area contributed by atoms with Crippen LogP contribution in [-0.2, 0) is 16.1 Å². The molecule has 1 N–H and O–H groups in total. The van der Waals surface area contributed by atoms with Crippen LogP contribution in [0.25, 0.3) is 0 Å². The maximum atomic E-state index is 11.6. The van der Waals surface area contributed by atoms with E-state index >= 15 is 0 Å². The summed E-state index contributed by atoms with van der Waals surface area (Å²) < 4.78 is 4.62. The third kappa shape index (κ3) is 2.88. The van der Waals surface area contributed by atoms with Crippen LogP contribution in [0, 0.1) is 5.92 Å². The van der Waals surface area contributed by atoms with E-state index in [-0.39, 0.29) is 17.8 Å². The van der Waals surface area contributed by atoms with Crippen molar-refractivity contribution >= 4 is 11.9 Å². The van der Waals surface area contributed by atoms with Crippen LogP contribution in [0.1, 0.15) is 35.2 Å². The van der Waals surface area contributed by atoms with Crippen molar-refractivity contribution in [1.29, 1.82) is 0 Å². The van der Waals surface area contributed by atoms with Crippen LogP contribution in [0.2, 0.25) is 0 Å². The van der Waals surface area contributed by atoms with Gasteiger partial charge in [0.1, 0.15) is 0 Å². The number of carbonyl (C=O) groups is 2. The topological polar surface area (TPSA) is 55.4 Å². The molecule has 1 saturated carbocycles. The summed E-state index contributed by atoms with van der Waals surface area (Å²) in [6, 6.07) is 7.06. The van der Waals surface area contributed by atoms with Crippen LogP contribution in [0.4, 0.5) is 0 Å². The molecular formula is C14H17NO3. The van der Waals surface area contributed by atoms with Crippen LogP contribution in [0.15, 0.2) is 24.3 Å². The molecule has 0 heterocycles. The minimum atomic E-state index is -0.347. The first kappa shape index (κ1) is 12.6. The summed E-state index contributed by atoms with van der Waals surface area (Å²) in [4.78, 5) is 22.9. The largest absolute Gasteiger partial charge is 0.465 e. The van der Waals surface area contributed by atoms with E-state index in [0.717, 1.165) is 24.8 Å². The monoisotopic (exact) mass is 247 g/mol. The van der Waals surface area contributed by atoms with Crippen molar-refractivity contribution in [3.05, 3.63) is 35.4 Å². The van der Waals surface area contributed by atoms with Crippen LogP contribution < -0.4 is 5.32 Å². The molecular weight excluding hydrogens is 230 g/mol. The molecule has 1 fully saturated rings. The molecule has 1 aliphatic rings. The first-order valence-electron chi connectivity index (χ1n) is 6.15. The Morgan fingerprint density at radius 2 is 1.94 bits per heavy atom. The summed E-state index contributed by atoms with van der Waals surface area (Å²) in [7, 11) is 1.36. The number of benzene rings is 1. The van der Waals surface area contributed by atoms with Gasteiger partial charge >= 0.3 is 5.97 Å². The highest BCUT2D eigenvalue weighted by atomic mass is 16.5. The zero-order valence-corrected chi connectivity index (χ0v) is 10.4. The molecule has 2 rings (SSSR count). The Bertz CT molecular complexity index is 435. The van der Waals surface area contributed by atoms with Gasteiger partial charge in [0, 0.05) is 12.5 Å². The van der Waals surface area contributed by atoms with Gasteiger partial charge in [0.2, 0.25) is 5.91 Å². The van der Waals surface area contributed by atoms with E-state index in [2.05, 4.69) is 10.1 Å². The van der Waals surface area contributed by atoms with E-state index in [4.69, 9.17) is 0 Å². The van der Waals surface area contributed by atoms with Gasteiger partial charge in [-0.15, -0.1) is 0 Å². The second kappa shape index (κ2) is 5.67. The van der Waals surface area contributed by atoms with Gasteiger partial charge in [-0.3, -0.25) is 4.79 Å². The van der Waals surface area contributed by atoms with E-state index < -0.39 is 0 Å². The van der Waals surface area contributed by atoms with Gasteiger partial charge < -0.3 is 10.1 Å². The molecule has 4 nitrogen and oxygen atoms in total. The lowest BCUT2D eigenvalue weighted by molar-refractivity contribution is -0.127. The number of amides is 1. The number of carbonyl (C=O) groups excluding carboxylic acids is 2. The normalized spacial score (nSPS) is 14.7. The zero-order valence-electron chi connectivity index (χ0n) is 10.4. The van der Waals surface area contributed by atoms with Gasteiger partial charge in [0.15, 0.2) is 0 Å². The van der Waals surface area contributed by atoms with Crippen molar-refractivity contribution < 1.29 is 14.3 Å². The fraction of sp³-hybridized carbons (Fsp3) is 0.429. The standard InChI is InChI=1S/C14H17NO3/c1-18-14(17)12-7-5-10(6-8-12)9-15-13(16)11-3-2-4-11/h5-8,11H,2-4,9H2,1H3,(H,15,16). The fourth-order valence-corrected chi connectivity index (χ4v) is 1.88. The number of rotatable bonds is 4. The number of ether oxygens (including phenoxy) is 1. The second-order valence-electron chi connectivity index (χ2n) is 4.53. The number of hydrogen-bond acceptors (Lipinski definition) is 3. The highest BCUT2D eigenvalue weighted by Gasteiger charge is 2.24. The molecule has 0 saturated heterocycles. The minimum absolute atomic E-state index is 0.137. The maximum absolute atomic E-state index is 11.6. The Morgan fingerprint density at radius 3 is 2.44 bits per heavy atom. The SMILES string of the molecule is COC(=O)c1ccc(CNC(=O)C2CCC2)cc1. The molecule has 1 aliphatic carbocycles. The minimum Gasteiger partial charge on any atom is -0.465 e. The molecule has 1 aromatic carbocycles. The Morgan fingerprint density at radius 1 is 1.28 bits per heavy atom. The van der Waals surface area contributed by atoms with Crippen LogP contribution in [0.3, 0.4) is 0 Å². The maximum Gasteiger partial charge on any atom is 0.337 e. The number of hydrogen-bond donors (Lipinski definition) is 1. The first-order chi connectivity index (χ1) is 8.70. The first-order valence-corrected chi connectivity index (χ1v) is 6.15. The average Bonchev–Trinajstić information content (AvgIpc) is 2.34. The Labute approximate surface area is 106 Å². The summed E-state index contributed by atoms with van der Waals surface area (Å²) in [6.45, 7) is 0.511. The Balaban J connectivity index is 1.86. The molecule has 1 aromatic rings. The summed E-state index contributed by atoms with van der Waals surface area (Å²) >= 11 is 0. The van der Waals surface area contributed by atoms with Crippen molar-refractivity contribution in [1.82, 2.24) is 5.32 Å². The van der Waals surface area contributed by atoms with Crippen LogP contribution in [0.5, 0.6) is 0 Å². The molecule has 0 aromatic heterocycles. The van der Waals surface area contributed by atoms with Crippen molar-refractivity contribution in [2.75, 3.05) is 7.11 Å². The molecule has 0 spiro atoms. The van der Waals surface area contributed by atoms with Crippen LogP contribution in [-0.4, -0.2) is 19.0 Å². The molecule has 0 aliphatic heterocycles. The molecule has 0 radical (unpaired) electrons. The molecule has 96 valence electrons. The van der Waals surface area contributed by atoms with Crippen molar-refractivity contribution in [2.45, 2.75) is 25.8 Å². The van der Waals surface area contributed by atoms with E-state index in [0.29, 0.717) is 12.1 Å². The molecule has 0 bridgehead atoms. The number of nitrogens with one attached hydrogen (secondary N) is 1. The number of methoxy groups -OCH3 is 1. The zero-order chi connectivity index (χ0) is 13.0. The van der Waals surface area contributed by atoms with Gasteiger partial charge in [0.25, 0.3) is 0 Å². The summed E-state index contributed by atoms with van der Waals surface area (Å²) in [6.07, 6.45) is 3.17. The Kier molecular flexibility index (Phi) is 3.97. The van der Waals surface area contributed by atoms with Crippen molar-refractivity contribution in [2.24, 2.45) is 5.92 Å². The predicted molar refractivity (Wildman–Crippen MR) is 67.0 cm³/mol.